The summed E-state index contributed by atoms with van der Waals surface area (Å²) in [7, 11) is 0. The van der Waals surface area contributed by atoms with Gasteiger partial charge in [0.1, 0.15) is 19.3 Å². The maximum absolute atomic E-state index is 12.1. The van der Waals surface area contributed by atoms with Crippen LogP contribution in [0.2, 0.25) is 0 Å². The minimum atomic E-state index is -0.525. The van der Waals surface area contributed by atoms with Gasteiger partial charge in [-0.25, -0.2) is 4.57 Å². The molecule has 2 heterocycles. The number of hydrogen-bond donors (Lipinski definition) is 0. The lowest BCUT2D eigenvalue weighted by molar-refractivity contribution is -0.697. The van der Waals surface area contributed by atoms with Gasteiger partial charge in [0.2, 0.25) is 0 Å². The fourth-order valence-corrected chi connectivity index (χ4v) is 5.30. The van der Waals surface area contributed by atoms with Gasteiger partial charge in [0.15, 0.2) is 18.2 Å². The van der Waals surface area contributed by atoms with Crippen LogP contribution in [0.4, 0.5) is 0 Å². The lowest BCUT2D eigenvalue weighted by Crippen LogP contribution is -2.32. The second-order valence-electron chi connectivity index (χ2n) is 11.5. The predicted molar refractivity (Wildman–Crippen MR) is 155 cm³/mol. The number of unbranched alkanes of at least 4 members (excludes halogenated alkanes) is 16. The van der Waals surface area contributed by atoms with Crippen molar-refractivity contribution in [1.82, 2.24) is 0 Å². The molecule has 2 unspecified atom stereocenters. The molecule has 0 bridgehead atoms. The molecule has 0 aromatic carbocycles. The summed E-state index contributed by atoms with van der Waals surface area (Å²) < 4.78 is 19.7. The summed E-state index contributed by atoms with van der Waals surface area (Å²) in [4.78, 5) is 12.1. The molecule has 0 N–H and O–H groups in total. The van der Waals surface area contributed by atoms with Crippen LogP contribution in [0.15, 0.2) is 30.6 Å². The number of nitrogens with zero attached hydrogens (tertiary/aromatic N) is 1. The zero-order valence-electron chi connectivity index (χ0n) is 24.8. The van der Waals surface area contributed by atoms with Crippen LogP contribution in [0.5, 0.6) is 0 Å². The normalized spacial score (nSPS) is 19.2. The Kier molecular flexibility index (Phi) is 18.4. The molecular formula is C33H58NO4+. The van der Waals surface area contributed by atoms with Crippen molar-refractivity contribution >= 4 is 5.97 Å². The van der Waals surface area contributed by atoms with Crippen molar-refractivity contribution in [2.75, 3.05) is 13.2 Å². The van der Waals surface area contributed by atoms with E-state index >= 15 is 0 Å². The molecule has 1 saturated heterocycles. The number of pyridine rings is 1. The molecule has 2 atom stereocenters. The van der Waals surface area contributed by atoms with E-state index in [1.54, 1.807) is 0 Å². The van der Waals surface area contributed by atoms with E-state index in [2.05, 4.69) is 23.9 Å². The van der Waals surface area contributed by atoms with Crippen molar-refractivity contribution in [2.45, 2.75) is 161 Å². The van der Waals surface area contributed by atoms with Gasteiger partial charge in [0.05, 0.1) is 6.61 Å². The molecular weight excluding hydrogens is 474 g/mol. The van der Waals surface area contributed by atoms with Crippen molar-refractivity contribution in [3.63, 3.8) is 0 Å². The van der Waals surface area contributed by atoms with Gasteiger partial charge in [-0.1, -0.05) is 103 Å². The quantitative estimate of drug-likeness (QED) is 0.0761. The SMILES string of the molecule is CCCCCCCCCCCCCCCCCC1(C)OCC(COC(=O)CCCCC[n+]2ccccc2)O1. The molecule has 1 fully saturated rings. The molecule has 2 rings (SSSR count). The second-order valence-corrected chi connectivity index (χ2v) is 11.5. The lowest BCUT2D eigenvalue weighted by atomic mass is 10.0. The molecule has 0 spiro atoms. The van der Waals surface area contributed by atoms with Crippen LogP contribution < -0.4 is 4.57 Å². The maximum Gasteiger partial charge on any atom is 0.305 e. The smallest absolute Gasteiger partial charge is 0.305 e. The Labute approximate surface area is 234 Å². The molecule has 5 nitrogen and oxygen atoms in total. The number of esters is 1. The molecule has 1 aliphatic rings. The maximum atomic E-state index is 12.1. The Bertz CT molecular complexity index is 697. The third-order valence-electron chi connectivity index (χ3n) is 7.73. The summed E-state index contributed by atoms with van der Waals surface area (Å²) in [5.74, 6) is -0.653. The van der Waals surface area contributed by atoms with Crippen LogP contribution in [0.3, 0.4) is 0 Å². The van der Waals surface area contributed by atoms with E-state index in [1.807, 2.05) is 25.1 Å². The predicted octanol–water partition coefficient (Wildman–Crippen LogP) is 8.47. The van der Waals surface area contributed by atoms with Gasteiger partial charge in [-0.2, -0.15) is 0 Å². The number of aromatic nitrogens is 1. The van der Waals surface area contributed by atoms with Crippen molar-refractivity contribution in [3.05, 3.63) is 30.6 Å². The Balaban J connectivity index is 1.36. The van der Waals surface area contributed by atoms with Crippen LogP contribution in [-0.4, -0.2) is 31.1 Å². The van der Waals surface area contributed by atoms with Gasteiger partial charge >= 0.3 is 5.97 Å². The standard InChI is InChI=1S/C33H58NO4/c1-3-4-5-6-7-8-9-10-11-12-13-14-15-16-20-25-33(2)37-30-31(38-33)29-36-32(35)24-19-17-21-26-34-27-22-18-23-28-34/h18,22-23,27-28,31H,3-17,19-21,24-26,29-30H2,1-2H3/q+1. The van der Waals surface area contributed by atoms with E-state index in [9.17, 15) is 4.79 Å². The lowest BCUT2D eigenvalue weighted by Gasteiger charge is -2.23. The molecule has 218 valence electrons. The van der Waals surface area contributed by atoms with Gasteiger partial charge in [0.25, 0.3) is 0 Å². The third-order valence-corrected chi connectivity index (χ3v) is 7.73. The average Bonchev–Trinajstić information content (AvgIpc) is 3.31. The topological polar surface area (TPSA) is 48.6 Å². The van der Waals surface area contributed by atoms with Crippen LogP contribution in [-0.2, 0) is 25.5 Å². The van der Waals surface area contributed by atoms with Crippen LogP contribution in [0.1, 0.15) is 142 Å². The van der Waals surface area contributed by atoms with Crippen molar-refractivity contribution in [1.29, 1.82) is 0 Å². The van der Waals surface area contributed by atoms with Crippen LogP contribution >= 0.6 is 0 Å². The monoisotopic (exact) mass is 532 g/mol. The van der Waals surface area contributed by atoms with E-state index in [0.717, 1.165) is 38.6 Å². The molecule has 0 amide bonds. The first-order valence-corrected chi connectivity index (χ1v) is 16.0. The summed E-state index contributed by atoms with van der Waals surface area (Å²) >= 11 is 0. The minimum Gasteiger partial charge on any atom is -0.463 e. The van der Waals surface area contributed by atoms with Crippen LogP contribution in [0.25, 0.3) is 0 Å². The minimum absolute atomic E-state index is 0.128. The van der Waals surface area contributed by atoms with Crippen molar-refractivity contribution < 1.29 is 23.6 Å². The Hall–Kier alpha value is -1.46. The summed E-state index contributed by atoms with van der Waals surface area (Å²) in [6, 6.07) is 6.10. The highest BCUT2D eigenvalue weighted by atomic mass is 16.7. The fraction of sp³-hybridized carbons (Fsp3) is 0.818. The molecule has 38 heavy (non-hydrogen) atoms. The van der Waals surface area contributed by atoms with Gasteiger partial charge < -0.3 is 14.2 Å². The number of carbonyl (C=O) groups is 1. The van der Waals surface area contributed by atoms with Gasteiger partial charge in [0, 0.05) is 31.4 Å². The zero-order valence-corrected chi connectivity index (χ0v) is 24.8. The highest BCUT2D eigenvalue weighted by Crippen LogP contribution is 2.29. The molecule has 1 aliphatic heterocycles. The number of rotatable bonds is 24. The number of ether oxygens (including phenoxy) is 3. The molecule has 0 saturated carbocycles. The summed E-state index contributed by atoms with van der Waals surface area (Å²) in [5, 5.41) is 0. The Morgan fingerprint density at radius 1 is 0.789 bits per heavy atom. The van der Waals surface area contributed by atoms with E-state index in [1.165, 1.54) is 89.9 Å². The molecule has 5 heteroatoms. The first kappa shape index (κ1) is 32.8. The third kappa shape index (κ3) is 16.5. The first-order valence-electron chi connectivity index (χ1n) is 16.0. The fourth-order valence-electron chi connectivity index (χ4n) is 5.30. The highest BCUT2D eigenvalue weighted by molar-refractivity contribution is 5.69. The summed E-state index contributed by atoms with van der Waals surface area (Å²) in [6.45, 7) is 6.11. The van der Waals surface area contributed by atoms with Crippen molar-refractivity contribution in [2.24, 2.45) is 0 Å². The van der Waals surface area contributed by atoms with Crippen molar-refractivity contribution in [3.8, 4) is 0 Å². The zero-order chi connectivity index (χ0) is 27.2. The Morgan fingerprint density at radius 3 is 1.95 bits per heavy atom. The summed E-state index contributed by atoms with van der Waals surface area (Å²) in [5.41, 5.74) is 0. The first-order chi connectivity index (χ1) is 18.6. The van der Waals surface area contributed by atoms with Crippen LogP contribution in [0, 0.1) is 0 Å². The number of aryl methyl sites for hydroxylation is 1. The van der Waals surface area contributed by atoms with Gasteiger partial charge in [-0.15, -0.1) is 0 Å². The van der Waals surface area contributed by atoms with E-state index < -0.39 is 5.79 Å². The average molecular weight is 533 g/mol. The molecule has 1 aromatic rings. The molecule has 0 radical (unpaired) electrons. The Morgan fingerprint density at radius 2 is 1.34 bits per heavy atom. The number of carbonyl (C=O) groups excluding carboxylic acids is 1. The second kappa shape index (κ2) is 21.4. The highest BCUT2D eigenvalue weighted by Gasteiger charge is 2.37. The molecule has 0 aliphatic carbocycles. The van der Waals surface area contributed by atoms with E-state index in [0.29, 0.717) is 19.6 Å². The molecule has 1 aromatic heterocycles. The summed E-state index contributed by atoms with van der Waals surface area (Å²) in [6.07, 6.45) is 28.9. The number of hydrogen-bond acceptors (Lipinski definition) is 4. The van der Waals surface area contributed by atoms with E-state index in [4.69, 9.17) is 14.2 Å². The van der Waals surface area contributed by atoms with Gasteiger partial charge in [-0.3, -0.25) is 4.79 Å². The van der Waals surface area contributed by atoms with E-state index in [-0.39, 0.29) is 12.1 Å². The van der Waals surface area contributed by atoms with Gasteiger partial charge in [-0.05, 0) is 26.2 Å². The largest absolute Gasteiger partial charge is 0.463 e.